The molecule has 0 radical (unpaired) electrons. The Balaban J connectivity index is 2.05. The van der Waals surface area contributed by atoms with E-state index in [2.05, 4.69) is 21.2 Å². The van der Waals surface area contributed by atoms with E-state index in [1.54, 1.807) is 12.1 Å². The zero-order valence-corrected chi connectivity index (χ0v) is 12.5. The summed E-state index contributed by atoms with van der Waals surface area (Å²) in [5.74, 6) is -1.13. The molecule has 2 rings (SSSR count). The number of benzene rings is 2. The summed E-state index contributed by atoms with van der Waals surface area (Å²) < 4.78 is 5.53. The van der Waals surface area contributed by atoms with Gasteiger partial charge < -0.3 is 9.84 Å². The second kappa shape index (κ2) is 6.90. The highest BCUT2D eigenvalue weighted by molar-refractivity contribution is 9.10. The number of nitrogens with one attached hydrogen (secondary N) is 1. The van der Waals surface area contributed by atoms with Gasteiger partial charge in [-0.15, -0.1) is 0 Å². The van der Waals surface area contributed by atoms with E-state index in [4.69, 9.17) is 9.84 Å². The molecule has 6 heteroatoms. The standard InChI is InChI=1S/C15H12BrNO4/c16-12-8-4-7-11(14(18)19)13(12)17-15(20)21-9-10-5-2-1-3-6-10/h1-8H,9H2,(H,17,20)(H,18,19). The van der Waals surface area contributed by atoms with Crippen molar-refractivity contribution in [1.29, 1.82) is 0 Å². The molecule has 108 valence electrons. The molecule has 0 aliphatic rings. The van der Waals surface area contributed by atoms with Crippen LogP contribution in [0.15, 0.2) is 53.0 Å². The molecule has 0 heterocycles. The minimum Gasteiger partial charge on any atom is -0.478 e. The van der Waals surface area contributed by atoms with Crippen LogP contribution in [0.3, 0.4) is 0 Å². The third kappa shape index (κ3) is 4.06. The second-order valence-corrected chi connectivity index (χ2v) is 5.01. The Bertz CT molecular complexity index is 658. The first kappa shape index (κ1) is 15.1. The lowest BCUT2D eigenvalue weighted by molar-refractivity contribution is 0.0698. The maximum Gasteiger partial charge on any atom is 0.412 e. The third-order valence-corrected chi connectivity index (χ3v) is 3.34. The van der Waals surface area contributed by atoms with Crippen LogP contribution in [-0.4, -0.2) is 17.2 Å². The molecule has 0 aliphatic heterocycles. The van der Waals surface area contributed by atoms with Gasteiger partial charge in [-0.3, -0.25) is 5.32 Å². The van der Waals surface area contributed by atoms with Crippen molar-refractivity contribution >= 4 is 33.7 Å². The molecule has 0 unspecified atom stereocenters. The van der Waals surface area contributed by atoms with Gasteiger partial charge in [0.05, 0.1) is 11.3 Å². The number of rotatable bonds is 4. The van der Waals surface area contributed by atoms with E-state index < -0.39 is 12.1 Å². The largest absolute Gasteiger partial charge is 0.478 e. The summed E-state index contributed by atoms with van der Waals surface area (Å²) in [4.78, 5) is 22.9. The van der Waals surface area contributed by atoms with Crippen LogP contribution in [0, 0.1) is 0 Å². The fourth-order valence-electron chi connectivity index (χ4n) is 1.69. The number of carbonyl (C=O) groups excluding carboxylic acids is 1. The molecule has 5 nitrogen and oxygen atoms in total. The zero-order chi connectivity index (χ0) is 15.2. The fraction of sp³-hybridized carbons (Fsp3) is 0.0667. The first-order chi connectivity index (χ1) is 10.1. The van der Waals surface area contributed by atoms with Crippen molar-refractivity contribution in [1.82, 2.24) is 0 Å². The number of anilines is 1. The average molecular weight is 350 g/mol. The first-order valence-corrected chi connectivity index (χ1v) is 6.86. The molecule has 0 saturated heterocycles. The van der Waals surface area contributed by atoms with Crippen LogP contribution in [0.4, 0.5) is 10.5 Å². The summed E-state index contributed by atoms with van der Waals surface area (Å²) in [5.41, 5.74) is 1.00. The number of carboxylic acids is 1. The Kier molecular flexibility index (Phi) is 4.94. The molecule has 0 bridgehead atoms. The molecular formula is C15H12BrNO4. The number of halogens is 1. The Labute approximate surface area is 129 Å². The van der Waals surface area contributed by atoms with Gasteiger partial charge in [-0.2, -0.15) is 0 Å². The van der Waals surface area contributed by atoms with Crippen molar-refractivity contribution < 1.29 is 19.4 Å². The number of hydrogen-bond donors (Lipinski definition) is 2. The number of aromatic carboxylic acids is 1. The lowest BCUT2D eigenvalue weighted by atomic mass is 10.2. The minimum atomic E-state index is -1.13. The molecule has 0 spiro atoms. The summed E-state index contributed by atoms with van der Waals surface area (Å²) in [6.45, 7) is 0.111. The molecule has 2 aromatic carbocycles. The maximum atomic E-state index is 11.8. The van der Waals surface area contributed by atoms with Gasteiger partial charge in [0.1, 0.15) is 6.61 Å². The van der Waals surface area contributed by atoms with E-state index in [9.17, 15) is 9.59 Å². The summed E-state index contributed by atoms with van der Waals surface area (Å²) in [7, 11) is 0. The number of hydrogen-bond acceptors (Lipinski definition) is 3. The Morgan fingerprint density at radius 1 is 1.10 bits per heavy atom. The van der Waals surface area contributed by atoms with E-state index in [1.807, 2.05) is 30.3 Å². The normalized spacial score (nSPS) is 9.95. The van der Waals surface area contributed by atoms with Crippen LogP contribution < -0.4 is 5.32 Å². The molecule has 0 aliphatic carbocycles. The molecule has 0 fully saturated rings. The van der Waals surface area contributed by atoms with Crippen LogP contribution in [-0.2, 0) is 11.3 Å². The van der Waals surface area contributed by atoms with Gasteiger partial charge in [0.2, 0.25) is 0 Å². The zero-order valence-electron chi connectivity index (χ0n) is 10.9. The number of carboxylic acid groups (broad SMARTS) is 1. The van der Waals surface area contributed by atoms with Crippen LogP contribution in [0.5, 0.6) is 0 Å². The predicted molar refractivity (Wildman–Crippen MR) is 81.4 cm³/mol. The van der Waals surface area contributed by atoms with Gasteiger partial charge in [-0.1, -0.05) is 36.4 Å². The van der Waals surface area contributed by atoms with Gasteiger partial charge >= 0.3 is 12.1 Å². The molecule has 2 aromatic rings. The van der Waals surface area contributed by atoms with Crippen LogP contribution in [0.25, 0.3) is 0 Å². The number of ether oxygens (including phenoxy) is 1. The average Bonchev–Trinajstić information content (AvgIpc) is 2.48. The highest BCUT2D eigenvalue weighted by Crippen LogP contribution is 2.26. The van der Waals surface area contributed by atoms with Crippen molar-refractivity contribution in [3.05, 3.63) is 64.1 Å². The summed E-state index contributed by atoms with van der Waals surface area (Å²) >= 11 is 3.21. The van der Waals surface area contributed by atoms with E-state index in [-0.39, 0.29) is 17.9 Å². The Hall–Kier alpha value is -2.34. The maximum absolute atomic E-state index is 11.8. The minimum absolute atomic E-state index is 0.0129. The molecule has 1 amide bonds. The summed E-state index contributed by atoms with van der Waals surface area (Å²) in [5, 5.41) is 11.5. The first-order valence-electron chi connectivity index (χ1n) is 6.07. The molecule has 21 heavy (non-hydrogen) atoms. The molecule has 0 saturated carbocycles. The SMILES string of the molecule is O=C(Nc1c(Br)cccc1C(=O)O)OCc1ccccc1. The predicted octanol–water partition coefficient (Wildman–Crippen LogP) is 3.90. The lowest BCUT2D eigenvalue weighted by Gasteiger charge is -2.11. The van der Waals surface area contributed by atoms with Crippen LogP contribution in [0.1, 0.15) is 15.9 Å². The van der Waals surface area contributed by atoms with E-state index in [1.165, 1.54) is 6.07 Å². The molecular weight excluding hydrogens is 338 g/mol. The topological polar surface area (TPSA) is 75.6 Å². The molecule has 0 aromatic heterocycles. The van der Waals surface area contributed by atoms with Crippen LogP contribution >= 0.6 is 15.9 Å². The van der Waals surface area contributed by atoms with Gasteiger partial charge in [0.25, 0.3) is 0 Å². The van der Waals surface area contributed by atoms with Gasteiger partial charge in [0, 0.05) is 4.47 Å². The quantitative estimate of drug-likeness (QED) is 0.877. The Morgan fingerprint density at radius 2 is 1.81 bits per heavy atom. The van der Waals surface area contributed by atoms with Crippen molar-refractivity contribution in [2.45, 2.75) is 6.61 Å². The van der Waals surface area contributed by atoms with Gasteiger partial charge in [0.15, 0.2) is 0 Å². The Morgan fingerprint density at radius 3 is 2.48 bits per heavy atom. The third-order valence-electron chi connectivity index (χ3n) is 2.68. The van der Waals surface area contributed by atoms with Crippen molar-refractivity contribution in [2.24, 2.45) is 0 Å². The van der Waals surface area contributed by atoms with Crippen molar-refractivity contribution in [3.8, 4) is 0 Å². The second-order valence-electron chi connectivity index (χ2n) is 4.15. The van der Waals surface area contributed by atoms with Crippen LogP contribution in [0.2, 0.25) is 0 Å². The van der Waals surface area contributed by atoms with Crippen molar-refractivity contribution in [2.75, 3.05) is 5.32 Å². The number of para-hydroxylation sites is 1. The molecule has 2 N–H and O–H groups in total. The van der Waals surface area contributed by atoms with E-state index in [0.29, 0.717) is 4.47 Å². The summed E-state index contributed by atoms with van der Waals surface area (Å²) in [6, 6.07) is 13.8. The monoisotopic (exact) mass is 349 g/mol. The highest BCUT2D eigenvalue weighted by Gasteiger charge is 2.15. The highest BCUT2D eigenvalue weighted by atomic mass is 79.9. The fourth-order valence-corrected chi connectivity index (χ4v) is 2.16. The van der Waals surface area contributed by atoms with E-state index >= 15 is 0 Å². The lowest BCUT2D eigenvalue weighted by Crippen LogP contribution is -2.16. The summed E-state index contributed by atoms with van der Waals surface area (Å²) in [6.07, 6.45) is -0.715. The smallest absolute Gasteiger partial charge is 0.412 e. The number of amides is 1. The van der Waals surface area contributed by atoms with Gasteiger partial charge in [-0.25, -0.2) is 9.59 Å². The molecule has 0 atom stereocenters. The van der Waals surface area contributed by atoms with Crippen molar-refractivity contribution in [3.63, 3.8) is 0 Å². The number of carbonyl (C=O) groups is 2. The van der Waals surface area contributed by atoms with E-state index in [0.717, 1.165) is 5.56 Å². The van der Waals surface area contributed by atoms with Gasteiger partial charge in [-0.05, 0) is 33.6 Å².